The Hall–Kier alpha value is -0.520. The van der Waals surface area contributed by atoms with Gasteiger partial charge in [-0.1, -0.05) is 44.1 Å². The smallest absolute Gasteiger partial charge is 0.0320 e. The van der Waals surface area contributed by atoms with Crippen molar-refractivity contribution in [1.82, 2.24) is 0 Å². The van der Waals surface area contributed by atoms with E-state index in [2.05, 4.69) is 26.5 Å². The molecule has 0 heterocycles. The fourth-order valence-electron chi connectivity index (χ4n) is 1.02. The maximum Gasteiger partial charge on any atom is -0.0320 e. The van der Waals surface area contributed by atoms with Gasteiger partial charge in [-0.3, -0.25) is 0 Å². The summed E-state index contributed by atoms with van der Waals surface area (Å²) >= 11 is 0. The quantitative estimate of drug-likeness (QED) is 0.520. The average molecular weight is 138 g/mol. The third-order valence-electron chi connectivity index (χ3n) is 1.48. The summed E-state index contributed by atoms with van der Waals surface area (Å²) in [6, 6.07) is 0. The molecule has 0 aliphatic heterocycles. The van der Waals surface area contributed by atoms with Crippen molar-refractivity contribution >= 4 is 0 Å². The number of hydrogen-bond donors (Lipinski definition) is 0. The lowest BCUT2D eigenvalue weighted by molar-refractivity contribution is 0.857. The molecule has 58 valence electrons. The van der Waals surface area contributed by atoms with E-state index in [1.54, 1.807) is 0 Å². The largest absolute Gasteiger partial charge is 0.0961 e. The Bertz CT molecular complexity index is 129. The molecule has 0 aromatic rings. The molecule has 0 aromatic carbocycles. The van der Waals surface area contributed by atoms with Crippen molar-refractivity contribution in [1.29, 1.82) is 0 Å². The molecule has 0 unspecified atom stereocenters. The molecule has 0 fully saturated rings. The van der Waals surface area contributed by atoms with Crippen molar-refractivity contribution in [2.75, 3.05) is 0 Å². The van der Waals surface area contributed by atoms with E-state index in [0.717, 1.165) is 0 Å². The molecule has 10 heavy (non-hydrogen) atoms. The van der Waals surface area contributed by atoms with Crippen LogP contribution in [0.25, 0.3) is 0 Å². The van der Waals surface area contributed by atoms with Gasteiger partial charge in [0.25, 0.3) is 0 Å². The highest BCUT2D eigenvalue weighted by Gasteiger charge is 1.90. The minimum absolute atomic E-state index is 1.17. The third-order valence-corrected chi connectivity index (χ3v) is 1.48. The van der Waals surface area contributed by atoms with Crippen molar-refractivity contribution in [2.24, 2.45) is 0 Å². The molecule has 0 radical (unpaired) electrons. The SMILES string of the molecule is C=C(C)/C=C(/CC)CCC. The van der Waals surface area contributed by atoms with Crippen LogP contribution in [0.3, 0.4) is 0 Å². The number of allylic oxidation sites excluding steroid dienone is 3. The van der Waals surface area contributed by atoms with E-state index < -0.39 is 0 Å². The van der Waals surface area contributed by atoms with Crippen LogP contribution in [0.5, 0.6) is 0 Å². The zero-order valence-corrected chi connectivity index (χ0v) is 7.41. The number of rotatable bonds is 4. The van der Waals surface area contributed by atoms with E-state index in [1.807, 2.05) is 6.92 Å². The summed E-state index contributed by atoms with van der Waals surface area (Å²) in [5, 5.41) is 0. The van der Waals surface area contributed by atoms with Gasteiger partial charge in [-0.25, -0.2) is 0 Å². The lowest BCUT2D eigenvalue weighted by atomic mass is 10.1. The van der Waals surface area contributed by atoms with Crippen LogP contribution in [-0.2, 0) is 0 Å². The van der Waals surface area contributed by atoms with Crippen LogP contribution in [0.15, 0.2) is 23.8 Å². The molecule has 0 heteroatoms. The maximum absolute atomic E-state index is 3.85. The molecular weight excluding hydrogens is 120 g/mol. The van der Waals surface area contributed by atoms with E-state index in [-0.39, 0.29) is 0 Å². The van der Waals surface area contributed by atoms with Crippen LogP contribution in [0.4, 0.5) is 0 Å². The summed E-state index contributed by atoms with van der Waals surface area (Å²) < 4.78 is 0. The fraction of sp³-hybridized carbons (Fsp3) is 0.600. The summed E-state index contributed by atoms with van der Waals surface area (Å²) in [6.07, 6.45) is 5.83. The third kappa shape index (κ3) is 4.37. The summed E-state index contributed by atoms with van der Waals surface area (Å²) in [6.45, 7) is 10.3. The lowest BCUT2D eigenvalue weighted by Gasteiger charge is -2.00. The highest BCUT2D eigenvalue weighted by Crippen LogP contribution is 2.10. The van der Waals surface area contributed by atoms with Gasteiger partial charge in [0, 0.05) is 0 Å². The highest BCUT2D eigenvalue weighted by molar-refractivity contribution is 5.18. The Morgan fingerprint density at radius 3 is 2.30 bits per heavy atom. The zero-order chi connectivity index (χ0) is 7.98. The Balaban J connectivity index is 3.91. The summed E-state index contributed by atoms with van der Waals surface area (Å²) in [4.78, 5) is 0. The minimum atomic E-state index is 1.17. The van der Waals surface area contributed by atoms with E-state index >= 15 is 0 Å². The van der Waals surface area contributed by atoms with Gasteiger partial charge < -0.3 is 0 Å². The van der Waals surface area contributed by atoms with E-state index in [1.165, 1.54) is 30.4 Å². The van der Waals surface area contributed by atoms with Gasteiger partial charge in [0.05, 0.1) is 0 Å². The second-order valence-electron chi connectivity index (χ2n) is 2.75. The molecule has 0 nitrogen and oxygen atoms in total. The predicted molar refractivity (Wildman–Crippen MR) is 48.1 cm³/mol. The van der Waals surface area contributed by atoms with Crippen LogP contribution in [-0.4, -0.2) is 0 Å². The maximum atomic E-state index is 3.85. The molecule has 0 aliphatic rings. The molecular formula is C10H18. The minimum Gasteiger partial charge on any atom is -0.0961 e. The van der Waals surface area contributed by atoms with Crippen LogP contribution >= 0.6 is 0 Å². The molecule has 0 rings (SSSR count). The molecule has 0 atom stereocenters. The topological polar surface area (TPSA) is 0 Å². The standard InChI is InChI=1S/C10H18/c1-5-7-10(6-2)8-9(3)4/h8H,3,5-7H2,1-2,4H3/b10-8-. The second-order valence-corrected chi connectivity index (χ2v) is 2.75. The normalized spacial score (nSPS) is 11.7. The Morgan fingerprint density at radius 1 is 1.40 bits per heavy atom. The van der Waals surface area contributed by atoms with E-state index in [4.69, 9.17) is 0 Å². The number of hydrogen-bond acceptors (Lipinski definition) is 0. The van der Waals surface area contributed by atoms with Gasteiger partial charge in [0.1, 0.15) is 0 Å². The highest BCUT2D eigenvalue weighted by atomic mass is 14.0. The van der Waals surface area contributed by atoms with Crippen molar-refractivity contribution < 1.29 is 0 Å². The molecule has 0 spiro atoms. The molecule has 0 aromatic heterocycles. The van der Waals surface area contributed by atoms with Crippen LogP contribution in [0, 0.1) is 0 Å². The van der Waals surface area contributed by atoms with Crippen molar-refractivity contribution in [3.05, 3.63) is 23.8 Å². The van der Waals surface area contributed by atoms with Gasteiger partial charge >= 0.3 is 0 Å². The van der Waals surface area contributed by atoms with Gasteiger partial charge in [0.15, 0.2) is 0 Å². The zero-order valence-electron chi connectivity index (χ0n) is 7.41. The first-order valence-electron chi connectivity index (χ1n) is 4.05. The van der Waals surface area contributed by atoms with Gasteiger partial charge in [0.2, 0.25) is 0 Å². The molecule has 0 saturated heterocycles. The van der Waals surface area contributed by atoms with Crippen molar-refractivity contribution in [2.45, 2.75) is 40.0 Å². The molecule has 0 aliphatic carbocycles. The van der Waals surface area contributed by atoms with Gasteiger partial charge in [-0.15, -0.1) is 0 Å². The van der Waals surface area contributed by atoms with Gasteiger partial charge in [-0.05, 0) is 19.8 Å². The van der Waals surface area contributed by atoms with E-state index in [0.29, 0.717) is 0 Å². The average Bonchev–Trinajstić information content (AvgIpc) is 1.86. The van der Waals surface area contributed by atoms with Crippen LogP contribution in [0.2, 0.25) is 0 Å². The van der Waals surface area contributed by atoms with Crippen molar-refractivity contribution in [3.63, 3.8) is 0 Å². The molecule has 0 N–H and O–H groups in total. The molecule has 0 bridgehead atoms. The fourth-order valence-corrected chi connectivity index (χ4v) is 1.02. The predicted octanol–water partition coefficient (Wildman–Crippen LogP) is 3.70. The summed E-state index contributed by atoms with van der Waals surface area (Å²) in [5.41, 5.74) is 2.69. The van der Waals surface area contributed by atoms with Gasteiger partial charge in [-0.2, -0.15) is 0 Å². The Morgan fingerprint density at radius 2 is 2.00 bits per heavy atom. The molecule has 0 saturated carbocycles. The first kappa shape index (κ1) is 9.48. The summed E-state index contributed by atoms with van der Waals surface area (Å²) in [5.74, 6) is 0. The van der Waals surface area contributed by atoms with E-state index in [9.17, 15) is 0 Å². The molecule has 0 amide bonds. The second kappa shape index (κ2) is 5.28. The van der Waals surface area contributed by atoms with Crippen molar-refractivity contribution in [3.8, 4) is 0 Å². The monoisotopic (exact) mass is 138 g/mol. The van der Waals surface area contributed by atoms with Crippen LogP contribution in [0.1, 0.15) is 40.0 Å². The Labute approximate surface area is 64.6 Å². The first-order chi connectivity index (χ1) is 4.70. The van der Waals surface area contributed by atoms with Crippen LogP contribution < -0.4 is 0 Å². The Kier molecular flexibility index (Phi) is 5.00. The first-order valence-corrected chi connectivity index (χ1v) is 4.05. The lowest BCUT2D eigenvalue weighted by Crippen LogP contribution is -1.80. The summed E-state index contributed by atoms with van der Waals surface area (Å²) in [7, 11) is 0.